The molecule has 0 fully saturated rings. The lowest BCUT2D eigenvalue weighted by Crippen LogP contribution is -2.24. The van der Waals surface area contributed by atoms with Crippen molar-refractivity contribution < 1.29 is 9.59 Å². The van der Waals surface area contributed by atoms with Crippen LogP contribution in [0.1, 0.15) is 27.0 Å². The zero-order chi connectivity index (χ0) is 22.0. The maximum Gasteiger partial charge on any atom is 0.244 e. The van der Waals surface area contributed by atoms with E-state index in [9.17, 15) is 14.4 Å². The van der Waals surface area contributed by atoms with Crippen LogP contribution in [0, 0.1) is 13.8 Å². The molecular formula is C26H22N2O3. The lowest BCUT2D eigenvalue weighted by Gasteiger charge is -2.14. The molecule has 4 rings (SSSR count). The number of benzene rings is 3. The Kier molecular flexibility index (Phi) is 5.50. The van der Waals surface area contributed by atoms with Crippen molar-refractivity contribution in [3.63, 3.8) is 0 Å². The first-order chi connectivity index (χ1) is 14.9. The van der Waals surface area contributed by atoms with Gasteiger partial charge in [-0.3, -0.25) is 14.4 Å². The number of hydrogen-bond acceptors (Lipinski definition) is 3. The van der Waals surface area contributed by atoms with Crippen molar-refractivity contribution in [3.8, 4) is 0 Å². The van der Waals surface area contributed by atoms with E-state index < -0.39 is 0 Å². The maximum atomic E-state index is 13.2. The highest BCUT2D eigenvalue weighted by atomic mass is 16.2. The van der Waals surface area contributed by atoms with Crippen LogP contribution in [0.2, 0.25) is 0 Å². The number of hydrogen-bond donors (Lipinski definition) is 1. The summed E-state index contributed by atoms with van der Waals surface area (Å²) in [5, 5.41) is 3.27. The van der Waals surface area contributed by atoms with Gasteiger partial charge < -0.3 is 9.88 Å². The Morgan fingerprint density at radius 2 is 1.55 bits per heavy atom. The van der Waals surface area contributed by atoms with Crippen LogP contribution < -0.4 is 10.7 Å². The van der Waals surface area contributed by atoms with Crippen molar-refractivity contribution >= 4 is 28.3 Å². The predicted octanol–water partition coefficient (Wildman–Crippen LogP) is 4.49. The van der Waals surface area contributed by atoms with Gasteiger partial charge in [-0.25, -0.2) is 0 Å². The number of para-hydroxylation sites is 1. The van der Waals surface area contributed by atoms with E-state index in [2.05, 4.69) is 5.32 Å². The van der Waals surface area contributed by atoms with Crippen LogP contribution in [0.3, 0.4) is 0 Å². The average molecular weight is 410 g/mol. The minimum Gasteiger partial charge on any atom is -0.337 e. The fourth-order valence-electron chi connectivity index (χ4n) is 3.54. The Bertz CT molecular complexity index is 1340. The van der Waals surface area contributed by atoms with Gasteiger partial charge in [0.2, 0.25) is 11.3 Å². The normalized spacial score (nSPS) is 10.8. The van der Waals surface area contributed by atoms with Crippen molar-refractivity contribution in [1.82, 2.24) is 4.57 Å². The summed E-state index contributed by atoms with van der Waals surface area (Å²) in [5.41, 5.74) is 3.39. The highest BCUT2D eigenvalue weighted by molar-refractivity contribution is 6.10. The minimum atomic E-state index is -0.356. The van der Waals surface area contributed by atoms with Gasteiger partial charge in [0.25, 0.3) is 0 Å². The predicted molar refractivity (Wildman–Crippen MR) is 123 cm³/mol. The monoisotopic (exact) mass is 410 g/mol. The van der Waals surface area contributed by atoms with Crippen molar-refractivity contribution in [2.24, 2.45) is 0 Å². The molecule has 0 saturated heterocycles. The van der Waals surface area contributed by atoms with E-state index in [-0.39, 0.29) is 29.2 Å². The van der Waals surface area contributed by atoms with Crippen LogP contribution in [-0.4, -0.2) is 16.3 Å². The molecule has 0 unspecified atom stereocenters. The molecule has 0 radical (unpaired) electrons. The molecule has 0 bridgehead atoms. The molecule has 5 nitrogen and oxygen atoms in total. The summed E-state index contributed by atoms with van der Waals surface area (Å²) in [5.74, 6) is -0.601. The van der Waals surface area contributed by atoms with Crippen molar-refractivity contribution in [2.45, 2.75) is 20.4 Å². The standard InChI is InChI=1S/C26H22N2O3/c1-17-8-11-19(12-9-17)25(30)22-15-28(16-24(29)27-20-6-4-3-5-7-20)23-13-10-18(2)14-21(23)26(22)31/h3-15H,16H2,1-2H3,(H,27,29). The van der Waals surface area contributed by atoms with E-state index in [0.29, 0.717) is 22.2 Å². The topological polar surface area (TPSA) is 68.2 Å². The van der Waals surface area contributed by atoms with Crippen LogP contribution in [0.5, 0.6) is 0 Å². The number of anilines is 1. The van der Waals surface area contributed by atoms with Crippen LogP contribution >= 0.6 is 0 Å². The zero-order valence-electron chi connectivity index (χ0n) is 17.4. The van der Waals surface area contributed by atoms with Gasteiger partial charge in [-0.1, -0.05) is 59.7 Å². The van der Waals surface area contributed by atoms with E-state index in [0.717, 1.165) is 11.1 Å². The lowest BCUT2D eigenvalue weighted by atomic mass is 10.0. The Hall–Kier alpha value is -3.99. The van der Waals surface area contributed by atoms with Crippen LogP contribution in [0.25, 0.3) is 10.9 Å². The van der Waals surface area contributed by atoms with E-state index >= 15 is 0 Å². The molecule has 3 aromatic carbocycles. The number of nitrogens with one attached hydrogen (secondary N) is 1. The minimum absolute atomic E-state index is 0.0249. The first-order valence-corrected chi connectivity index (χ1v) is 10.0. The first-order valence-electron chi connectivity index (χ1n) is 10.0. The van der Waals surface area contributed by atoms with E-state index in [1.165, 1.54) is 6.20 Å². The number of aromatic nitrogens is 1. The maximum absolute atomic E-state index is 13.2. The van der Waals surface area contributed by atoms with Gasteiger partial charge in [0.05, 0.1) is 11.1 Å². The largest absolute Gasteiger partial charge is 0.337 e. The Balaban J connectivity index is 1.78. The third kappa shape index (κ3) is 4.31. The summed E-state index contributed by atoms with van der Waals surface area (Å²) < 4.78 is 1.66. The lowest BCUT2D eigenvalue weighted by molar-refractivity contribution is -0.116. The average Bonchev–Trinajstić information content (AvgIpc) is 2.76. The third-order valence-corrected chi connectivity index (χ3v) is 5.17. The molecular weight excluding hydrogens is 388 g/mol. The van der Waals surface area contributed by atoms with Gasteiger partial charge in [0.15, 0.2) is 5.78 Å². The fourth-order valence-corrected chi connectivity index (χ4v) is 3.54. The number of carbonyl (C=O) groups is 2. The van der Waals surface area contributed by atoms with Gasteiger partial charge in [-0.05, 0) is 38.1 Å². The summed E-state index contributed by atoms with van der Waals surface area (Å²) in [6.07, 6.45) is 1.49. The number of nitrogens with zero attached hydrogens (tertiary/aromatic N) is 1. The third-order valence-electron chi connectivity index (χ3n) is 5.17. The molecule has 0 aliphatic heterocycles. The van der Waals surface area contributed by atoms with Crippen molar-refractivity contribution in [1.29, 1.82) is 0 Å². The molecule has 0 spiro atoms. The molecule has 1 amide bonds. The highest BCUT2D eigenvalue weighted by Crippen LogP contribution is 2.17. The molecule has 1 heterocycles. The van der Waals surface area contributed by atoms with E-state index in [1.807, 2.05) is 56.3 Å². The SMILES string of the molecule is Cc1ccc(C(=O)c2cn(CC(=O)Nc3ccccc3)c3ccc(C)cc3c2=O)cc1. The summed E-state index contributed by atoms with van der Waals surface area (Å²) in [6, 6.07) is 21.7. The van der Waals surface area contributed by atoms with Gasteiger partial charge in [0, 0.05) is 22.8 Å². The summed E-state index contributed by atoms with van der Waals surface area (Å²) in [6.45, 7) is 3.80. The summed E-state index contributed by atoms with van der Waals surface area (Å²) in [4.78, 5) is 38.9. The van der Waals surface area contributed by atoms with Crippen LogP contribution in [-0.2, 0) is 11.3 Å². The Morgan fingerprint density at radius 3 is 2.26 bits per heavy atom. The number of carbonyl (C=O) groups excluding carboxylic acids is 2. The molecule has 4 aromatic rings. The molecule has 0 atom stereocenters. The Labute approximate surface area is 180 Å². The smallest absolute Gasteiger partial charge is 0.244 e. The number of pyridine rings is 1. The molecule has 5 heteroatoms. The van der Waals surface area contributed by atoms with E-state index in [1.54, 1.807) is 34.9 Å². The van der Waals surface area contributed by atoms with E-state index in [4.69, 9.17) is 0 Å². The molecule has 1 aromatic heterocycles. The molecule has 154 valence electrons. The quantitative estimate of drug-likeness (QED) is 0.493. The number of rotatable bonds is 5. The second-order valence-corrected chi connectivity index (χ2v) is 7.63. The molecule has 0 aliphatic rings. The molecule has 31 heavy (non-hydrogen) atoms. The Morgan fingerprint density at radius 1 is 0.871 bits per heavy atom. The number of fused-ring (bicyclic) bond motifs is 1. The van der Waals surface area contributed by atoms with Crippen LogP contribution in [0.15, 0.2) is 83.8 Å². The van der Waals surface area contributed by atoms with Gasteiger partial charge in [-0.15, -0.1) is 0 Å². The van der Waals surface area contributed by atoms with Crippen LogP contribution in [0.4, 0.5) is 5.69 Å². The first kappa shape index (κ1) is 20.3. The second kappa shape index (κ2) is 8.40. The number of ketones is 1. The second-order valence-electron chi connectivity index (χ2n) is 7.63. The summed E-state index contributed by atoms with van der Waals surface area (Å²) >= 11 is 0. The van der Waals surface area contributed by atoms with Gasteiger partial charge in [-0.2, -0.15) is 0 Å². The molecule has 1 N–H and O–H groups in total. The number of aryl methyl sites for hydroxylation is 2. The van der Waals surface area contributed by atoms with Crippen molar-refractivity contribution in [2.75, 3.05) is 5.32 Å². The molecule has 0 saturated carbocycles. The van der Waals surface area contributed by atoms with Gasteiger partial charge in [0.1, 0.15) is 6.54 Å². The number of amides is 1. The van der Waals surface area contributed by atoms with Crippen molar-refractivity contribution in [3.05, 3.63) is 111 Å². The fraction of sp³-hybridized carbons (Fsp3) is 0.115. The van der Waals surface area contributed by atoms with Gasteiger partial charge >= 0.3 is 0 Å². The highest BCUT2D eigenvalue weighted by Gasteiger charge is 2.18. The summed E-state index contributed by atoms with van der Waals surface area (Å²) in [7, 11) is 0. The molecule has 0 aliphatic carbocycles. The zero-order valence-corrected chi connectivity index (χ0v) is 17.4.